The van der Waals surface area contributed by atoms with Crippen molar-refractivity contribution in [2.45, 2.75) is 43.9 Å². The smallest absolute Gasteiger partial charge is 0.510 e. The number of rotatable bonds is 15. The average Bonchev–Trinajstić information content (AvgIpc) is 1.69. The summed E-state index contributed by atoms with van der Waals surface area (Å²) in [5, 5.41) is 0. The Labute approximate surface area is 841 Å². The maximum absolute atomic E-state index is 5.41. The molecule has 8 heterocycles. The SMILES string of the molecule is CC(C)(c1[c-]cccc1)c1ccccn1.CC(C)(c1[c-]cccc1)c1ccccn1.CN1C=CN(c2[c-]cccc2)[CH-]1.CN1[CH-]N(c2[c-]cccc2)c2ccccc21.CN1[CH-]N(c2[c-]cccc2)c2ccccc21.[Ir+3].[Ir+3].[Ir+3].[Ir+3].[c-]1ccccc1C(c1ccccc1)(c1ccccc1)c1ccccn1.[c-]1ccccc1N1C=CN(c2ccccc2)[CH-]1.[c-]1ccccc1Oc1ccccn1. The number of anilines is 9. The summed E-state index contributed by atoms with van der Waals surface area (Å²) in [5.41, 5.74) is 18.5. The second-order valence-corrected chi connectivity index (χ2v) is 30.9. The molecule has 13 nitrogen and oxygen atoms in total. The van der Waals surface area contributed by atoms with Crippen LogP contribution in [0.3, 0.4) is 0 Å². The van der Waals surface area contributed by atoms with Crippen LogP contribution in [0.1, 0.15) is 72.6 Å². The summed E-state index contributed by atoms with van der Waals surface area (Å²) in [6.07, 6.45) is 15.3. The van der Waals surface area contributed by atoms with Gasteiger partial charge in [0, 0.05) is 87.3 Å². The third-order valence-corrected chi connectivity index (χ3v) is 21.4. The van der Waals surface area contributed by atoms with E-state index in [2.05, 4.69) is 307 Å². The molecule has 4 aliphatic rings. The van der Waals surface area contributed by atoms with E-state index in [0.29, 0.717) is 11.6 Å². The standard InChI is InChI=1S/C24H18N.C15H12N2.2C14H12N2.2C14H14N.C11H8NO.C10H10N2.4Ir/c1-4-12-20(13-5-1)24(21-14-6-2-7-15-21,22-16-8-3-9-17-22)23-18-10-11-19-25-23;1-3-7-14(8-4-1)16-11-12-17(13-16)15-9-5-2-6-10-15;2*1-15-11-16(12-7-3-2-4-8-12)14-10-6-5-9-13(14)15;2*1-14(2,12-8-4-3-5-9-12)13-10-6-7-11-15-13;1-2-6-10(7-3-1)13-11-8-4-5-9-12-11;1-11-7-8-12(9-11)10-5-3-2-4-6-10;;;;/h1-16,18-19H;1-9,11-13H;2*2-7,9-11H,1H3;2*3-8,10-11H,1-2H3;1-6,8-9H;2-5,7-9H,1H3;;;;/q-1;3*-2;3*-1;-2;4*+3. The molecule has 0 saturated carbocycles. The summed E-state index contributed by atoms with van der Waals surface area (Å²) in [4.78, 5) is 34.3. The molecule has 666 valence electrons. The van der Waals surface area contributed by atoms with Gasteiger partial charge in [-0.3, -0.25) is 15.0 Å². The first-order chi connectivity index (χ1) is 63.3. The molecule has 13 aromatic carbocycles. The molecular weight excluding hydrogens is 2350 g/mol. The summed E-state index contributed by atoms with van der Waals surface area (Å²) < 4.78 is 5.41. The predicted octanol–water partition coefficient (Wildman–Crippen LogP) is 26.0. The molecule has 0 aliphatic carbocycles. The van der Waals surface area contributed by atoms with Crippen LogP contribution >= 0.6 is 0 Å². The van der Waals surface area contributed by atoms with Gasteiger partial charge in [-0.1, -0.05) is 155 Å². The fraction of sp³-hybridized carbons (Fsp3) is 0.0862. The normalized spacial score (nSPS) is 12.2. The molecule has 0 atom stereocenters. The maximum Gasteiger partial charge on any atom is 3.00 e. The van der Waals surface area contributed by atoms with Gasteiger partial charge >= 0.3 is 80.4 Å². The molecule has 0 amide bonds. The van der Waals surface area contributed by atoms with E-state index in [4.69, 9.17) is 9.72 Å². The Hall–Kier alpha value is -13.3. The van der Waals surface area contributed by atoms with Crippen molar-refractivity contribution < 1.29 is 85.2 Å². The molecule has 17 aromatic rings. The van der Waals surface area contributed by atoms with Gasteiger partial charge < -0.3 is 43.9 Å². The van der Waals surface area contributed by atoms with E-state index < -0.39 is 5.41 Å². The van der Waals surface area contributed by atoms with Gasteiger partial charge in [-0.25, -0.2) is 4.98 Å². The van der Waals surface area contributed by atoms with Crippen molar-refractivity contribution >= 4 is 51.2 Å². The van der Waals surface area contributed by atoms with Crippen LogP contribution in [-0.4, -0.2) is 46.0 Å². The van der Waals surface area contributed by atoms with Crippen LogP contribution in [0, 0.1) is 75.2 Å². The van der Waals surface area contributed by atoms with Crippen LogP contribution in [-0.2, 0) is 96.7 Å². The van der Waals surface area contributed by atoms with Crippen molar-refractivity contribution in [1.29, 1.82) is 0 Å². The van der Waals surface area contributed by atoms with E-state index in [9.17, 15) is 0 Å². The molecule has 4 aliphatic heterocycles. The molecule has 133 heavy (non-hydrogen) atoms. The molecule has 0 unspecified atom stereocenters. The van der Waals surface area contributed by atoms with Gasteiger partial charge in [0.1, 0.15) is 0 Å². The molecule has 4 aromatic heterocycles. The minimum Gasteiger partial charge on any atom is -0.510 e. The second kappa shape index (κ2) is 52.1. The van der Waals surface area contributed by atoms with E-state index in [1.54, 1.807) is 18.3 Å². The third-order valence-electron chi connectivity index (χ3n) is 21.4. The summed E-state index contributed by atoms with van der Waals surface area (Å²) in [6, 6.07) is 161. The number of hydrogen-bond acceptors (Lipinski definition) is 13. The number of benzene rings is 13. The van der Waals surface area contributed by atoms with Crippen molar-refractivity contribution in [3.05, 3.63) is 576 Å². The zero-order valence-electron chi connectivity index (χ0n) is 74.7. The van der Waals surface area contributed by atoms with Gasteiger partial charge in [0.2, 0.25) is 5.88 Å². The zero-order valence-corrected chi connectivity index (χ0v) is 84.3. The van der Waals surface area contributed by atoms with E-state index in [-0.39, 0.29) is 91.3 Å². The van der Waals surface area contributed by atoms with Gasteiger partial charge in [-0.2, -0.15) is 262 Å². The summed E-state index contributed by atoms with van der Waals surface area (Å²) >= 11 is 0. The zero-order chi connectivity index (χ0) is 89.1. The average molecular weight is 2450 g/mol. The van der Waals surface area contributed by atoms with Gasteiger partial charge in [0.05, 0.1) is 11.1 Å². The number of pyridine rings is 4. The number of aromatic nitrogens is 4. The summed E-state index contributed by atoms with van der Waals surface area (Å²) in [5.74, 6) is 1.27. The van der Waals surface area contributed by atoms with Crippen molar-refractivity contribution in [3.8, 4) is 11.6 Å². The van der Waals surface area contributed by atoms with E-state index in [1.165, 1.54) is 45.0 Å². The molecule has 0 bridgehead atoms. The largest absolute Gasteiger partial charge is 3.00 e. The molecule has 0 fully saturated rings. The Morgan fingerprint density at radius 2 is 0.594 bits per heavy atom. The number of para-hydroxylation sites is 10. The minimum atomic E-state index is -0.495. The molecular formula is C116H100Ir4N12O. The number of hydrogen-bond donors (Lipinski definition) is 0. The molecule has 17 heteroatoms. The first-order valence-electron chi connectivity index (χ1n) is 42.6. The van der Waals surface area contributed by atoms with E-state index in [0.717, 1.165) is 51.1 Å². The fourth-order valence-corrected chi connectivity index (χ4v) is 14.7. The number of fused-ring (bicyclic) bond motifs is 2. The van der Waals surface area contributed by atoms with Crippen LogP contribution in [0.25, 0.3) is 0 Å². The molecule has 0 radical (unpaired) electrons. The van der Waals surface area contributed by atoms with Crippen molar-refractivity contribution in [3.63, 3.8) is 0 Å². The summed E-state index contributed by atoms with van der Waals surface area (Å²) in [7, 11) is 6.11. The van der Waals surface area contributed by atoms with Crippen molar-refractivity contribution in [1.82, 2.24) is 24.8 Å². The Bertz CT molecular complexity index is 5650. The number of ether oxygens (including phenoxy) is 1. The van der Waals surface area contributed by atoms with Crippen LogP contribution in [0.4, 0.5) is 51.2 Å². The first kappa shape index (κ1) is 102. The van der Waals surface area contributed by atoms with Crippen LogP contribution < -0.4 is 39.0 Å². The van der Waals surface area contributed by atoms with Gasteiger partial charge in [-0.15, -0.1) is 47.1 Å². The van der Waals surface area contributed by atoms with Gasteiger partial charge in [-0.05, 0) is 136 Å². The third kappa shape index (κ3) is 27.5. The molecule has 21 rings (SSSR count). The monoisotopic (exact) mass is 2450 g/mol. The summed E-state index contributed by atoms with van der Waals surface area (Å²) in [6.45, 7) is 16.9. The molecule has 0 saturated heterocycles. The van der Waals surface area contributed by atoms with E-state index >= 15 is 0 Å². The Morgan fingerprint density at radius 3 is 0.962 bits per heavy atom. The van der Waals surface area contributed by atoms with Crippen molar-refractivity contribution in [2.75, 3.05) is 55.4 Å². The number of nitrogens with zero attached hydrogens (tertiary/aromatic N) is 12. The molecule has 0 N–H and O–H groups in total. The molecule has 0 spiro atoms. The predicted molar refractivity (Wildman–Crippen MR) is 526 cm³/mol. The minimum absolute atomic E-state index is 0. The van der Waals surface area contributed by atoms with Gasteiger partial charge in [0.25, 0.3) is 0 Å². The fourth-order valence-electron chi connectivity index (χ4n) is 14.7. The van der Waals surface area contributed by atoms with Crippen LogP contribution in [0.15, 0.2) is 456 Å². The quantitative estimate of drug-likeness (QED) is 0.0722. The van der Waals surface area contributed by atoms with Crippen molar-refractivity contribution in [2.24, 2.45) is 0 Å². The topological polar surface area (TPSA) is 86.7 Å². The Morgan fingerprint density at radius 1 is 0.263 bits per heavy atom. The van der Waals surface area contributed by atoms with Crippen LogP contribution in [0.2, 0.25) is 0 Å². The Kier molecular flexibility index (Phi) is 39.9. The second-order valence-electron chi connectivity index (χ2n) is 30.9. The van der Waals surface area contributed by atoms with Crippen LogP contribution in [0.5, 0.6) is 11.6 Å². The Balaban J connectivity index is 0.000000158. The maximum atomic E-state index is 5.41. The van der Waals surface area contributed by atoms with Gasteiger partial charge in [0.15, 0.2) is 0 Å². The first-order valence-corrected chi connectivity index (χ1v) is 42.6. The van der Waals surface area contributed by atoms with E-state index in [1.807, 2.05) is 309 Å².